The Labute approximate surface area is 149 Å². The van der Waals surface area contributed by atoms with Crippen LogP contribution in [-0.2, 0) is 22.9 Å². The molecule has 11 heteroatoms. The van der Waals surface area contributed by atoms with Crippen LogP contribution in [0.1, 0.15) is 32.6 Å². The Balaban J connectivity index is 3.27. The van der Waals surface area contributed by atoms with Crippen molar-refractivity contribution >= 4 is 62.7 Å². The molecule has 0 unspecified atom stereocenters. The molecular formula is C12H14Cl3NO5S2. The molecule has 130 valence electrons. The average molecular weight is 423 g/mol. The van der Waals surface area contributed by atoms with Gasteiger partial charge in [-0.05, 0) is 18.6 Å². The average Bonchev–Trinajstić information content (AvgIpc) is 2.35. The zero-order valence-electron chi connectivity index (χ0n) is 12.0. The van der Waals surface area contributed by atoms with Crippen LogP contribution in [0.4, 0.5) is 5.69 Å². The number of amides is 1. The quantitative estimate of drug-likeness (QED) is 0.533. The van der Waals surface area contributed by atoms with Gasteiger partial charge in [-0.25, -0.2) is 16.8 Å². The van der Waals surface area contributed by atoms with E-state index < -0.39 is 33.8 Å². The number of hydrogen-bond acceptors (Lipinski definition) is 5. The minimum Gasteiger partial charge on any atom is -0.325 e. The van der Waals surface area contributed by atoms with E-state index in [1.54, 1.807) is 0 Å². The normalized spacial score (nSPS) is 12.2. The SMILES string of the molecule is CCCCCC(=O)Nc1cc(Cl)c(S(=O)(=O)Cl)cc1S(=O)(=O)Cl. The third-order valence-electron chi connectivity index (χ3n) is 2.84. The summed E-state index contributed by atoms with van der Waals surface area (Å²) in [5.41, 5.74) is -0.199. The standard InChI is InChI=1S/C12H14Cl3NO5S2/c1-2-3-4-5-12(17)16-9-6-8(13)10(22(14,18)19)7-11(9)23(15,20)21/h6-7H,2-5H2,1H3,(H,16,17). The summed E-state index contributed by atoms with van der Waals surface area (Å²) in [6.45, 7) is 1.97. The predicted octanol–water partition coefficient (Wildman–Crippen LogP) is 3.71. The Morgan fingerprint density at radius 2 is 1.61 bits per heavy atom. The zero-order valence-corrected chi connectivity index (χ0v) is 15.9. The lowest BCUT2D eigenvalue weighted by Crippen LogP contribution is -2.14. The van der Waals surface area contributed by atoms with Gasteiger partial charge >= 0.3 is 0 Å². The highest BCUT2D eigenvalue weighted by molar-refractivity contribution is 8.14. The Bertz CT molecular complexity index is 806. The molecule has 1 N–H and O–H groups in total. The number of carbonyl (C=O) groups is 1. The van der Waals surface area contributed by atoms with E-state index in [9.17, 15) is 21.6 Å². The summed E-state index contributed by atoms with van der Waals surface area (Å²) >= 11 is 5.79. The molecule has 23 heavy (non-hydrogen) atoms. The van der Waals surface area contributed by atoms with E-state index >= 15 is 0 Å². The minimum atomic E-state index is -4.33. The zero-order chi connectivity index (χ0) is 17.8. The smallest absolute Gasteiger partial charge is 0.263 e. The lowest BCUT2D eigenvalue weighted by Gasteiger charge is -2.11. The van der Waals surface area contributed by atoms with Gasteiger partial charge < -0.3 is 5.32 Å². The molecule has 1 aromatic rings. The molecule has 1 rings (SSSR count). The van der Waals surface area contributed by atoms with Crippen molar-refractivity contribution in [3.05, 3.63) is 17.2 Å². The van der Waals surface area contributed by atoms with Crippen molar-refractivity contribution in [2.75, 3.05) is 5.32 Å². The van der Waals surface area contributed by atoms with E-state index in [-0.39, 0.29) is 17.1 Å². The van der Waals surface area contributed by atoms with E-state index in [0.717, 1.165) is 18.9 Å². The van der Waals surface area contributed by atoms with Gasteiger partial charge in [0.2, 0.25) is 5.91 Å². The molecule has 0 bridgehead atoms. The van der Waals surface area contributed by atoms with Crippen LogP contribution in [-0.4, -0.2) is 22.7 Å². The summed E-state index contributed by atoms with van der Waals surface area (Å²) in [6, 6.07) is 1.71. The fourth-order valence-electron chi connectivity index (χ4n) is 1.77. The second-order valence-electron chi connectivity index (χ2n) is 4.66. The highest BCUT2D eigenvalue weighted by Gasteiger charge is 2.24. The van der Waals surface area contributed by atoms with Crippen LogP contribution in [0.2, 0.25) is 5.02 Å². The Morgan fingerprint density at radius 1 is 1.04 bits per heavy atom. The van der Waals surface area contributed by atoms with Crippen molar-refractivity contribution < 1.29 is 21.6 Å². The van der Waals surface area contributed by atoms with Gasteiger partial charge in [-0.2, -0.15) is 0 Å². The van der Waals surface area contributed by atoms with Gasteiger partial charge in [0, 0.05) is 27.8 Å². The minimum absolute atomic E-state index is 0.183. The molecule has 0 fully saturated rings. The highest BCUT2D eigenvalue weighted by Crippen LogP contribution is 2.34. The molecule has 0 aliphatic rings. The second kappa shape index (κ2) is 8.02. The molecule has 0 saturated carbocycles. The van der Waals surface area contributed by atoms with Crippen molar-refractivity contribution in [2.45, 2.75) is 42.4 Å². The van der Waals surface area contributed by atoms with Crippen LogP contribution >= 0.6 is 33.0 Å². The fourth-order valence-corrected chi connectivity index (χ4v) is 4.38. The lowest BCUT2D eigenvalue weighted by atomic mass is 10.2. The first-order chi connectivity index (χ1) is 10.5. The third-order valence-corrected chi connectivity index (χ3v) is 5.99. The van der Waals surface area contributed by atoms with Crippen LogP contribution in [0, 0.1) is 0 Å². The first kappa shape index (κ1) is 20.5. The number of carbonyl (C=O) groups excluding carboxylic acids is 1. The van der Waals surface area contributed by atoms with Crippen molar-refractivity contribution in [1.29, 1.82) is 0 Å². The molecule has 0 heterocycles. The molecule has 0 aromatic heterocycles. The van der Waals surface area contributed by atoms with E-state index in [1.807, 2.05) is 6.92 Å². The molecule has 6 nitrogen and oxygen atoms in total. The molecule has 0 aliphatic carbocycles. The van der Waals surface area contributed by atoms with Gasteiger partial charge in [-0.3, -0.25) is 4.79 Å². The van der Waals surface area contributed by atoms with E-state index in [0.29, 0.717) is 12.5 Å². The number of anilines is 1. The summed E-state index contributed by atoms with van der Waals surface area (Å²) in [4.78, 5) is 10.6. The van der Waals surface area contributed by atoms with Crippen LogP contribution < -0.4 is 5.32 Å². The number of nitrogens with one attached hydrogen (secondary N) is 1. The monoisotopic (exact) mass is 421 g/mol. The van der Waals surface area contributed by atoms with E-state index in [1.165, 1.54) is 0 Å². The van der Waals surface area contributed by atoms with Gasteiger partial charge in [0.05, 0.1) is 10.7 Å². The topological polar surface area (TPSA) is 97.4 Å². The first-order valence-electron chi connectivity index (χ1n) is 6.49. The Kier molecular flexibility index (Phi) is 7.15. The maximum atomic E-state index is 11.8. The van der Waals surface area contributed by atoms with Crippen molar-refractivity contribution in [2.24, 2.45) is 0 Å². The van der Waals surface area contributed by atoms with Gasteiger partial charge in [-0.15, -0.1) is 0 Å². The molecule has 1 aromatic carbocycles. The summed E-state index contributed by atoms with van der Waals surface area (Å²) < 4.78 is 46.0. The number of rotatable bonds is 7. The lowest BCUT2D eigenvalue weighted by molar-refractivity contribution is -0.116. The molecule has 0 saturated heterocycles. The number of unbranched alkanes of at least 4 members (excludes halogenated alkanes) is 2. The Hall–Kier alpha value is -0.540. The van der Waals surface area contributed by atoms with Gasteiger partial charge in [0.25, 0.3) is 18.1 Å². The first-order valence-corrected chi connectivity index (χ1v) is 11.5. The molecule has 0 spiro atoms. The fraction of sp³-hybridized carbons (Fsp3) is 0.417. The summed E-state index contributed by atoms with van der Waals surface area (Å²) in [5, 5.41) is 2.04. The van der Waals surface area contributed by atoms with Gasteiger partial charge in [0.1, 0.15) is 9.79 Å². The number of benzene rings is 1. The van der Waals surface area contributed by atoms with Crippen molar-refractivity contribution in [1.82, 2.24) is 0 Å². The molecular weight excluding hydrogens is 409 g/mol. The largest absolute Gasteiger partial charge is 0.325 e. The predicted molar refractivity (Wildman–Crippen MR) is 90.3 cm³/mol. The van der Waals surface area contributed by atoms with Crippen molar-refractivity contribution in [3.8, 4) is 0 Å². The molecule has 0 aliphatic heterocycles. The highest BCUT2D eigenvalue weighted by atomic mass is 35.7. The van der Waals surface area contributed by atoms with E-state index in [4.69, 9.17) is 33.0 Å². The third kappa shape index (κ3) is 6.11. The molecule has 0 radical (unpaired) electrons. The van der Waals surface area contributed by atoms with Crippen molar-refractivity contribution in [3.63, 3.8) is 0 Å². The molecule has 0 atom stereocenters. The van der Waals surface area contributed by atoms with Crippen LogP contribution in [0.25, 0.3) is 0 Å². The van der Waals surface area contributed by atoms with Gasteiger partial charge in [-0.1, -0.05) is 31.4 Å². The second-order valence-corrected chi connectivity index (χ2v) is 10.1. The Morgan fingerprint density at radius 3 is 2.09 bits per heavy atom. The summed E-state index contributed by atoms with van der Waals surface area (Å²) in [7, 11) is 1.88. The van der Waals surface area contributed by atoms with E-state index in [2.05, 4.69) is 5.32 Å². The maximum Gasteiger partial charge on any atom is 0.263 e. The summed E-state index contributed by atoms with van der Waals surface area (Å²) in [5.74, 6) is -0.433. The van der Waals surface area contributed by atoms with Crippen LogP contribution in [0.5, 0.6) is 0 Å². The maximum absolute atomic E-state index is 11.8. The number of halogens is 3. The van der Waals surface area contributed by atoms with Crippen LogP contribution in [0.3, 0.4) is 0 Å². The summed E-state index contributed by atoms with van der Waals surface area (Å²) in [6.07, 6.45) is 2.58. The van der Waals surface area contributed by atoms with Crippen LogP contribution in [0.15, 0.2) is 21.9 Å². The van der Waals surface area contributed by atoms with Gasteiger partial charge in [0.15, 0.2) is 0 Å². The number of hydrogen-bond donors (Lipinski definition) is 1. The molecule has 1 amide bonds.